The summed E-state index contributed by atoms with van der Waals surface area (Å²) in [6, 6.07) is 10.1. The Morgan fingerprint density at radius 2 is 1.88 bits per heavy atom. The molecule has 0 unspecified atom stereocenters. The minimum atomic E-state index is 0.416. The maximum absolute atomic E-state index is 6.16. The summed E-state index contributed by atoms with van der Waals surface area (Å²) in [5.74, 6) is 1.28. The van der Waals surface area contributed by atoms with Gasteiger partial charge in [0.1, 0.15) is 11.0 Å². The fraction of sp³-hybridized carbons (Fsp3) is 0.389. The van der Waals surface area contributed by atoms with Gasteiger partial charge >= 0.3 is 0 Å². The number of benzene rings is 1. The summed E-state index contributed by atoms with van der Waals surface area (Å²) >= 11 is 11.5. The summed E-state index contributed by atoms with van der Waals surface area (Å²) < 4.78 is 0. The molecule has 7 heteroatoms. The van der Waals surface area contributed by atoms with Crippen LogP contribution in [0.4, 0.5) is 11.8 Å². The fourth-order valence-corrected chi connectivity index (χ4v) is 3.12. The Bertz CT molecular complexity index is 729. The van der Waals surface area contributed by atoms with E-state index < -0.39 is 0 Å². The fourth-order valence-electron chi connectivity index (χ4n) is 2.78. The number of hydrogen-bond donors (Lipinski definition) is 2. The van der Waals surface area contributed by atoms with Crippen molar-refractivity contribution in [3.63, 3.8) is 0 Å². The molecule has 1 aromatic heterocycles. The first kappa shape index (κ1) is 17.9. The second kappa shape index (κ2) is 8.45. The number of rotatable bonds is 4. The first-order valence-corrected chi connectivity index (χ1v) is 9.29. The molecule has 25 heavy (non-hydrogen) atoms. The van der Waals surface area contributed by atoms with Crippen molar-refractivity contribution in [2.45, 2.75) is 32.7 Å². The number of aromatic nitrogens is 2. The highest BCUT2D eigenvalue weighted by Gasteiger charge is 2.14. The second-order valence-corrected chi connectivity index (χ2v) is 7.01. The molecule has 1 fully saturated rings. The topological polar surface area (TPSA) is 53.1 Å². The van der Waals surface area contributed by atoms with Crippen molar-refractivity contribution >= 4 is 40.7 Å². The Balaban J connectivity index is 1.60. The Kier molecular flexibility index (Phi) is 6.04. The molecule has 2 N–H and O–H groups in total. The molecule has 2 aromatic rings. The molecule has 0 saturated carbocycles. The lowest BCUT2D eigenvalue weighted by atomic mass is 10.1. The quantitative estimate of drug-likeness (QED) is 0.624. The van der Waals surface area contributed by atoms with Crippen molar-refractivity contribution < 1.29 is 0 Å². The van der Waals surface area contributed by atoms with Crippen LogP contribution in [-0.2, 0) is 6.54 Å². The van der Waals surface area contributed by atoms with Crippen molar-refractivity contribution in [3.8, 4) is 0 Å². The number of hydrogen-bond acceptors (Lipinski definition) is 4. The van der Waals surface area contributed by atoms with Crippen molar-refractivity contribution in [1.29, 1.82) is 0 Å². The average Bonchev–Trinajstić information content (AvgIpc) is 2.61. The summed E-state index contributed by atoms with van der Waals surface area (Å²) in [5, 5.41) is 7.10. The van der Waals surface area contributed by atoms with E-state index in [0.29, 0.717) is 22.8 Å². The van der Waals surface area contributed by atoms with Gasteiger partial charge in [-0.1, -0.05) is 41.4 Å². The molecular formula is C18H22ClN5S. The van der Waals surface area contributed by atoms with Gasteiger partial charge in [-0.15, -0.1) is 0 Å². The zero-order valence-electron chi connectivity index (χ0n) is 14.3. The maximum Gasteiger partial charge on any atom is 0.232 e. The molecular weight excluding hydrogens is 354 g/mol. The first-order valence-electron chi connectivity index (χ1n) is 8.50. The van der Waals surface area contributed by atoms with Crippen LogP contribution in [0.3, 0.4) is 0 Å². The van der Waals surface area contributed by atoms with Crippen LogP contribution >= 0.6 is 23.8 Å². The highest BCUT2D eigenvalue weighted by atomic mass is 35.5. The third kappa shape index (κ3) is 5.28. The molecule has 0 amide bonds. The Morgan fingerprint density at radius 3 is 2.60 bits per heavy atom. The summed E-state index contributed by atoms with van der Waals surface area (Å²) in [5.41, 5.74) is 2.40. The molecule has 0 radical (unpaired) electrons. The maximum atomic E-state index is 6.16. The molecule has 0 bridgehead atoms. The first-order chi connectivity index (χ1) is 12.1. The molecule has 2 heterocycles. The van der Waals surface area contributed by atoms with Crippen molar-refractivity contribution in [2.75, 3.05) is 23.3 Å². The molecule has 1 aromatic carbocycles. The van der Waals surface area contributed by atoms with Gasteiger partial charge < -0.3 is 15.5 Å². The lowest BCUT2D eigenvalue weighted by Crippen LogP contribution is -2.31. The number of thiocarbonyl (C=S) groups is 1. The van der Waals surface area contributed by atoms with Crippen molar-refractivity contribution in [1.82, 2.24) is 15.3 Å². The summed E-state index contributed by atoms with van der Waals surface area (Å²) in [7, 11) is 0. The van der Waals surface area contributed by atoms with E-state index in [-0.39, 0.29) is 0 Å². The van der Waals surface area contributed by atoms with Crippen LogP contribution in [0.1, 0.15) is 30.4 Å². The molecule has 5 nitrogen and oxygen atoms in total. The predicted octanol–water partition coefficient (Wildman–Crippen LogP) is 3.92. The van der Waals surface area contributed by atoms with Gasteiger partial charge in [0.2, 0.25) is 5.95 Å². The number of nitrogens with zero attached hydrogens (tertiary/aromatic N) is 3. The molecule has 0 atom stereocenters. The normalized spacial score (nSPS) is 14.2. The van der Waals surface area contributed by atoms with Gasteiger partial charge in [0.05, 0.1) is 0 Å². The molecule has 0 spiro atoms. The number of halogens is 1. The summed E-state index contributed by atoms with van der Waals surface area (Å²) in [6.45, 7) is 4.72. The minimum absolute atomic E-state index is 0.416. The van der Waals surface area contributed by atoms with Crippen LogP contribution in [0.2, 0.25) is 5.15 Å². The average molecular weight is 376 g/mol. The lowest BCUT2D eigenvalue weighted by molar-refractivity contribution is 0.573. The van der Waals surface area contributed by atoms with Gasteiger partial charge in [0, 0.05) is 25.7 Å². The standard InChI is InChI=1S/C18H22ClN5S/c1-13-5-7-14(8-6-13)12-20-18(25)23-17-21-15(19)11-16(22-17)24-9-3-2-4-10-24/h5-8,11H,2-4,9-10,12H2,1H3,(H2,20,21,22,23,25). The highest BCUT2D eigenvalue weighted by molar-refractivity contribution is 7.80. The van der Waals surface area contributed by atoms with E-state index in [9.17, 15) is 0 Å². The van der Waals surface area contributed by atoms with Gasteiger partial charge in [-0.3, -0.25) is 0 Å². The molecule has 3 rings (SSSR count). The van der Waals surface area contributed by atoms with Crippen LogP contribution < -0.4 is 15.5 Å². The molecule has 132 valence electrons. The number of piperidine rings is 1. The summed E-state index contributed by atoms with van der Waals surface area (Å²) in [6.07, 6.45) is 3.63. The lowest BCUT2D eigenvalue weighted by Gasteiger charge is -2.27. The zero-order valence-corrected chi connectivity index (χ0v) is 15.8. The highest BCUT2D eigenvalue weighted by Crippen LogP contribution is 2.21. The number of anilines is 2. The second-order valence-electron chi connectivity index (χ2n) is 6.21. The SMILES string of the molecule is Cc1ccc(CNC(=S)Nc2nc(Cl)cc(N3CCCCC3)n2)cc1. The number of aryl methyl sites for hydroxylation is 1. The Labute approximate surface area is 158 Å². The van der Waals surface area contributed by atoms with Crippen LogP contribution in [-0.4, -0.2) is 28.2 Å². The van der Waals surface area contributed by atoms with Crippen LogP contribution in [0.15, 0.2) is 30.3 Å². The molecule has 1 saturated heterocycles. The molecule has 0 aliphatic carbocycles. The van der Waals surface area contributed by atoms with E-state index >= 15 is 0 Å². The van der Waals surface area contributed by atoms with Gasteiger partial charge in [-0.25, -0.2) is 4.98 Å². The van der Waals surface area contributed by atoms with E-state index in [1.165, 1.54) is 24.8 Å². The zero-order chi connectivity index (χ0) is 17.6. The van der Waals surface area contributed by atoms with Crippen LogP contribution in [0, 0.1) is 6.92 Å². The third-order valence-electron chi connectivity index (χ3n) is 4.16. The van der Waals surface area contributed by atoms with E-state index in [2.05, 4.69) is 56.7 Å². The monoisotopic (exact) mass is 375 g/mol. The van der Waals surface area contributed by atoms with E-state index in [4.69, 9.17) is 23.8 Å². The molecule has 1 aliphatic heterocycles. The van der Waals surface area contributed by atoms with Gasteiger partial charge in [-0.05, 0) is 44.0 Å². The minimum Gasteiger partial charge on any atom is -0.358 e. The van der Waals surface area contributed by atoms with E-state index in [1.54, 1.807) is 6.07 Å². The van der Waals surface area contributed by atoms with E-state index in [1.807, 2.05) is 0 Å². The smallest absolute Gasteiger partial charge is 0.232 e. The van der Waals surface area contributed by atoms with Gasteiger partial charge in [0.15, 0.2) is 5.11 Å². The van der Waals surface area contributed by atoms with Gasteiger partial charge in [0.25, 0.3) is 0 Å². The third-order valence-corrected chi connectivity index (χ3v) is 4.60. The molecule has 1 aliphatic rings. The van der Waals surface area contributed by atoms with Crippen LogP contribution in [0.25, 0.3) is 0 Å². The summed E-state index contributed by atoms with van der Waals surface area (Å²) in [4.78, 5) is 11.0. The van der Waals surface area contributed by atoms with Gasteiger partial charge in [-0.2, -0.15) is 4.98 Å². The van der Waals surface area contributed by atoms with Crippen molar-refractivity contribution in [3.05, 3.63) is 46.6 Å². The predicted molar refractivity (Wildman–Crippen MR) is 107 cm³/mol. The largest absolute Gasteiger partial charge is 0.358 e. The van der Waals surface area contributed by atoms with Crippen molar-refractivity contribution in [2.24, 2.45) is 0 Å². The Hall–Kier alpha value is -1.92. The van der Waals surface area contributed by atoms with E-state index in [0.717, 1.165) is 24.5 Å². The van der Waals surface area contributed by atoms with Crippen LogP contribution in [0.5, 0.6) is 0 Å². The number of nitrogens with one attached hydrogen (secondary N) is 2. The Morgan fingerprint density at radius 1 is 1.16 bits per heavy atom.